The number of hydrogen-bond acceptors (Lipinski definition) is 3. The second-order valence-corrected chi connectivity index (χ2v) is 4.37. The molecule has 1 aliphatic rings. The highest BCUT2D eigenvalue weighted by Crippen LogP contribution is 2.07. The standard InChI is InChI=1S/C11H22N2O2/c1-10(2)11(14)12-15-9-8-13-6-4-3-5-7-13/h10H,3-9H2,1-2H3,(H,12,14). The van der Waals surface area contributed by atoms with E-state index in [9.17, 15) is 4.79 Å². The van der Waals surface area contributed by atoms with Gasteiger partial charge in [-0.3, -0.25) is 9.63 Å². The monoisotopic (exact) mass is 214 g/mol. The van der Waals surface area contributed by atoms with E-state index < -0.39 is 0 Å². The van der Waals surface area contributed by atoms with E-state index in [-0.39, 0.29) is 11.8 Å². The van der Waals surface area contributed by atoms with Crippen LogP contribution in [0.25, 0.3) is 0 Å². The van der Waals surface area contributed by atoms with Gasteiger partial charge in [0, 0.05) is 12.5 Å². The summed E-state index contributed by atoms with van der Waals surface area (Å²) < 4.78 is 0. The highest BCUT2D eigenvalue weighted by molar-refractivity contribution is 5.76. The molecule has 1 N–H and O–H groups in total. The number of nitrogens with zero attached hydrogens (tertiary/aromatic N) is 1. The highest BCUT2D eigenvalue weighted by Gasteiger charge is 2.10. The molecule has 1 amide bonds. The van der Waals surface area contributed by atoms with Gasteiger partial charge in [0.1, 0.15) is 0 Å². The molecular weight excluding hydrogens is 192 g/mol. The minimum absolute atomic E-state index is 0.0139. The fourth-order valence-electron chi connectivity index (χ4n) is 1.60. The fraction of sp³-hybridized carbons (Fsp3) is 0.909. The molecule has 0 bridgehead atoms. The predicted molar refractivity (Wildman–Crippen MR) is 59.2 cm³/mol. The molecule has 0 aromatic carbocycles. The van der Waals surface area contributed by atoms with Gasteiger partial charge in [0.15, 0.2) is 0 Å². The van der Waals surface area contributed by atoms with E-state index in [2.05, 4.69) is 10.4 Å². The van der Waals surface area contributed by atoms with Crippen molar-refractivity contribution >= 4 is 5.91 Å². The van der Waals surface area contributed by atoms with E-state index >= 15 is 0 Å². The summed E-state index contributed by atoms with van der Waals surface area (Å²) in [5.74, 6) is -0.0615. The molecule has 1 fully saturated rings. The summed E-state index contributed by atoms with van der Waals surface area (Å²) in [5.41, 5.74) is 2.46. The zero-order chi connectivity index (χ0) is 11.1. The molecule has 1 rings (SSSR count). The third-order valence-corrected chi connectivity index (χ3v) is 2.66. The van der Waals surface area contributed by atoms with E-state index in [0.29, 0.717) is 6.61 Å². The average Bonchev–Trinajstić information content (AvgIpc) is 2.25. The van der Waals surface area contributed by atoms with Gasteiger partial charge in [-0.1, -0.05) is 20.3 Å². The summed E-state index contributed by atoms with van der Waals surface area (Å²) in [6, 6.07) is 0. The third-order valence-electron chi connectivity index (χ3n) is 2.66. The van der Waals surface area contributed by atoms with Crippen LogP contribution in [0.15, 0.2) is 0 Å². The maximum atomic E-state index is 11.1. The normalized spacial score (nSPS) is 18.1. The van der Waals surface area contributed by atoms with Crippen molar-refractivity contribution in [3.63, 3.8) is 0 Å². The highest BCUT2D eigenvalue weighted by atomic mass is 16.7. The van der Waals surface area contributed by atoms with Crippen molar-refractivity contribution in [3.05, 3.63) is 0 Å². The molecule has 0 aromatic rings. The Hall–Kier alpha value is -0.610. The molecule has 1 aliphatic heterocycles. The molecule has 0 aliphatic carbocycles. The van der Waals surface area contributed by atoms with E-state index in [1.165, 1.54) is 32.4 Å². The van der Waals surface area contributed by atoms with Gasteiger partial charge in [-0.05, 0) is 25.9 Å². The lowest BCUT2D eigenvalue weighted by Gasteiger charge is -2.25. The van der Waals surface area contributed by atoms with Gasteiger partial charge in [-0.15, -0.1) is 0 Å². The quantitative estimate of drug-likeness (QED) is 0.552. The van der Waals surface area contributed by atoms with E-state index in [1.54, 1.807) is 0 Å². The molecule has 4 nitrogen and oxygen atoms in total. The number of hydrogen-bond donors (Lipinski definition) is 1. The van der Waals surface area contributed by atoms with Crippen LogP contribution in [0.4, 0.5) is 0 Å². The van der Waals surface area contributed by atoms with Gasteiger partial charge < -0.3 is 4.90 Å². The van der Waals surface area contributed by atoms with Gasteiger partial charge in [-0.2, -0.15) is 0 Å². The topological polar surface area (TPSA) is 41.6 Å². The number of rotatable bonds is 5. The Morgan fingerprint density at radius 1 is 1.33 bits per heavy atom. The molecule has 0 atom stereocenters. The van der Waals surface area contributed by atoms with E-state index in [4.69, 9.17) is 4.84 Å². The van der Waals surface area contributed by atoms with Crippen molar-refractivity contribution < 1.29 is 9.63 Å². The van der Waals surface area contributed by atoms with Crippen LogP contribution in [0.2, 0.25) is 0 Å². The summed E-state index contributed by atoms with van der Waals surface area (Å²) in [7, 11) is 0. The van der Waals surface area contributed by atoms with Crippen molar-refractivity contribution in [2.45, 2.75) is 33.1 Å². The summed E-state index contributed by atoms with van der Waals surface area (Å²) in [4.78, 5) is 18.6. The Labute approximate surface area is 91.9 Å². The van der Waals surface area contributed by atoms with Crippen LogP contribution in [0.1, 0.15) is 33.1 Å². The third kappa shape index (κ3) is 5.14. The molecular formula is C11H22N2O2. The van der Waals surface area contributed by atoms with Gasteiger partial charge >= 0.3 is 0 Å². The molecule has 4 heteroatoms. The summed E-state index contributed by atoms with van der Waals surface area (Å²) in [5, 5.41) is 0. The molecule has 0 unspecified atom stereocenters. The lowest BCUT2D eigenvalue weighted by Crippen LogP contribution is -2.35. The summed E-state index contributed by atoms with van der Waals surface area (Å²) in [6.07, 6.45) is 3.93. The Morgan fingerprint density at radius 3 is 2.60 bits per heavy atom. The van der Waals surface area contributed by atoms with Crippen LogP contribution < -0.4 is 5.48 Å². The molecule has 1 saturated heterocycles. The van der Waals surface area contributed by atoms with Gasteiger partial charge in [0.2, 0.25) is 5.91 Å². The van der Waals surface area contributed by atoms with Crippen molar-refractivity contribution in [1.82, 2.24) is 10.4 Å². The number of hydroxylamine groups is 1. The zero-order valence-corrected chi connectivity index (χ0v) is 9.79. The van der Waals surface area contributed by atoms with Crippen LogP contribution >= 0.6 is 0 Å². The Bertz CT molecular complexity index is 189. The lowest BCUT2D eigenvalue weighted by molar-refractivity contribution is -0.137. The van der Waals surface area contributed by atoms with Crippen LogP contribution in [-0.4, -0.2) is 37.0 Å². The van der Waals surface area contributed by atoms with E-state index in [0.717, 1.165) is 6.54 Å². The van der Waals surface area contributed by atoms with Crippen LogP contribution in [0.5, 0.6) is 0 Å². The Balaban J connectivity index is 1.98. The minimum atomic E-state index is -0.0476. The second-order valence-electron chi connectivity index (χ2n) is 4.37. The maximum Gasteiger partial charge on any atom is 0.246 e. The van der Waals surface area contributed by atoms with Crippen LogP contribution in [0, 0.1) is 5.92 Å². The molecule has 0 saturated carbocycles. The lowest BCUT2D eigenvalue weighted by atomic mass is 10.1. The number of amides is 1. The van der Waals surface area contributed by atoms with Crippen LogP contribution in [0.3, 0.4) is 0 Å². The zero-order valence-electron chi connectivity index (χ0n) is 9.79. The van der Waals surface area contributed by atoms with Crippen molar-refractivity contribution in [1.29, 1.82) is 0 Å². The molecule has 0 radical (unpaired) electrons. The molecule has 0 aromatic heterocycles. The Kier molecular flexibility index (Phi) is 5.65. The van der Waals surface area contributed by atoms with Gasteiger partial charge in [0.25, 0.3) is 0 Å². The maximum absolute atomic E-state index is 11.1. The largest absolute Gasteiger partial charge is 0.301 e. The van der Waals surface area contributed by atoms with Crippen molar-refractivity contribution in [2.75, 3.05) is 26.2 Å². The second kappa shape index (κ2) is 6.80. The molecule has 88 valence electrons. The number of nitrogens with one attached hydrogen (secondary N) is 1. The first-order valence-electron chi connectivity index (χ1n) is 5.84. The SMILES string of the molecule is CC(C)C(=O)NOCCN1CCCCC1. The molecule has 15 heavy (non-hydrogen) atoms. The van der Waals surface area contributed by atoms with E-state index in [1.807, 2.05) is 13.8 Å². The number of piperidine rings is 1. The smallest absolute Gasteiger partial charge is 0.246 e. The number of likely N-dealkylation sites (tertiary alicyclic amines) is 1. The van der Waals surface area contributed by atoms with Crippen molar-refractivity contribution in [3.8, 4) is 0 Å². The predicted octanol–water partition coefficient (Wildman–Crippen LogP) is 1.18. The fourth-order valence-corrected chi connectivity index (χ4v) is 1.60. The summed E-state index contributed by atoms with van der Waals surface area (Å²) >= 11 is 0. The Morgan fingerprint density at radius 2 is 2.00 bits per heavy atom. The van der Waals surface area contributed by atoms with Crippen LogP contribution in [-0.2, 0) is 9.63 Å². The average molecular weight is 214 g/mol. The molecule has 0 spiro atoms. The molecule has 1 heterocycles. The number of carbonyl (C=O) groups is 1. The first kappa shape index (κ1) is 12.5. The first-order valence-corrected chi connectivity index (χ1v) is 5.84. The number of carbonyl (C=O) groups excluding carboxylic acids is 1. The van der Waals surface area contributed by atoms with Gasteiger partial charge in [-0.25, -0.2) is 5.48 Å². The van der Waals surface area contributed by atoms with Gasteiger partial charge in [0.05, 0.1) is 6.61 Å². The summed E-state index contributed by atoms with van der Waals surface area (Å²) in [6.45, 7) is 7.53. The van der Waals surface area contributed by atoms with Crippen molar-refractivity contribution in [2.24, 2.45) is 5.92 Å². The first-order chi connectivity index (χ1) is 7.20. The minimum Gasteiger partial charge on any atom is -0.301 e.